The Morgan fingerprint density at radius 2 is 2.00 bits per heavy atom. The predicted molar refractivity (Wildman–Crippen MR) is 71.4 cm³/mol. The minimum absolute atomic E-state index is 0.0555. The number of methoxy groups -OCH3 is 2. The molecule has 1 unspecified atom stereocenters. The molecule has 0 aromatic heterocycles. The van der Waals surface area contributed by atoms with Crippen molar-refractivity contribution >= 4 is 5.91 Å². The highest BCUT2D eigenvalue weighted by atomic mass is 16.5. The SMILES string of the molecule is CCC(C)N(C)C(=O)c1cc(OC)ccc1OC. The molecule has 0 radical (unpaired) electrons. The van der Waals surface area contributed by atoms with Crippen LogP contribution in [-0.2, 0) is 0 Å². The topological polar surface area (TPSA) is 38.8 Å². The Morgan fingerprint density at radius 1 is 1.33 bits per heavy atom. The second kappa shape index (κ2) is 6.28. The van der Waals surface area contributed by atoms with Crippen LogP contribution in [0.25, 0.3) is 0 Å². The summed E-state index contributed by atoms with van der Waals surface area (Å²) in [5, 5.41) is 0. The molecule has 0 N–H and O–H groups in total. The van der Waals surface area contributed by atoms with E-state index in [2.05, 4.69) is 6.92 Å². The van der Waals surface area contributed by atoms with E-state index >= 15 is 0 Å². The van der Waals surface area contributed by atoms with Crippen LogP contribution >= 0.6 is 0 Å². The second-order valence-corrected chi connectivity index (χ2v) is 4.24. The summed E-state index contributed by atoms with van der Waals surface area (Å²) >= 11 is 0. The van der Waals surface area contributed by atoms with Gasteiger partial charge in [0.15, 0.2) is 0 Å². The third-order valence-corrected chi connectivity index (χ3v) is 3.21. The number of carbonyl (C=O) groups excluding carboxylic acids is 1. The maximum atomic E-state index is 12.4. The van der Waals surface area contributed by atoms with Gasteiger partial charge in [-0.25, -0.2) is 0 Å². The molecule has 0 spiro atoms. The van der Waals surface area contributed by atoms with Crippen LogP contribution in [0.1, 0.15) is 30.6 Å². The van der Waals surface area contributed by atoms with E-state index in [1.807, 2.05) is 6.92 Å². The molecule has 18 heavy (non-hydrogen) atoms. The minimum atomic E-state index is -0.0555. The Balaban J connectivity index is 3.10. The van der Waals surface area contributed by atoms with Crippen molar-refractivity contribution in [2.45, 2.75) is 26.3 Å². The van der Waals surface area contributed by atoms with E-state index in [9.17, 15) is 4.79 Å². The van der Waals surface area contributed by atoms with Crippen LogP contribution in [-0.4, -0.2) is 38.1 Å². The number of nitrogens with zero attached hydrogens (tertiary/aromatic N) is 1. The van der Waals surface area contributed by atoms with Crippen LogP contribution in [0.15, 0.2) is 18.2 Å². The Morgan fingerprint density at radius 3 is 2.50 bits per heavy atom. The largest absolute Gasteiger partial charge is 0.497 e. The third kappa shape index (κ3) is 2.94. The van der Waals surface area contributed by atoms with Crippen molar-refractivity contribution in [3.8, 4) is 11.5 Å². The number of hydrogen-bond acceptors (Lipinski definition) is 3. The van der Waals surface area contributed by atoms with Gasteiger partial charge in [-0.2, -0.15) is 0 Å². The number of ether oxygens (including phenoxy) is 2. The van der Waals surface area contributed by atoms with Crippen LogP contribution in [0.4, 0.5) is 0 Å². The van der Waals surface area contributed by atoms with E-state index in [1.54, 1.807) is 44.4 Å². The first-order valence-electron chi connectivity index (χ1n) is 6.04. The van der Waals surface area contributed by atoms with Gasteiger partial charge in [0, 0.05) is 13.1 Å². The van der Waals surface area contributed by atoms with Crippen molar-refractivity contribution < 1.29 is 14.3 Å². The number of rotatable bonds is 5. The van der Waals surface area contributed by atoms with Gasteiger partial charge in [0.2, 0.25) is 0 Å². The first-order valence-corrected chi connectivity index (χ1v) is 6.04. The first kappa shape index (κ1) is 14.4. The van der Waals surface area contributed by atoms with Gasteiger partial charge in [0.05, 0.1) is 19.8 Å². The number of carbonyl (C=O) groups is 1. The van der Waals surface area contributed by atoms with Crippen LogP contribution < -0.4 is 9.47 Å². The maximum Gasteiger partial charge on any atom is 0.257 e. The zero-order chi connectivity index (χ0) is 13.7. The van der Waals surface area contributed by atoms with Gasteiger partial charge < -0.3 is 14.4 Å². The van der Waals surface area contributed by atoms with Crippen molar-refractivity contribution in [1.82, 2.24) is 4.90 Å². The lowest BCUT2D eigenvalue weighted by Gasteiger charge is -2.24. The minimum Gasteiger partial charge on any atom is -0.497 e. The molecule has 1 atom stereocenters. The monoisotopic (exact) mass is 251 g/mol. The fourth-order valence-electron chi connectivity index (χ4n) is 1.65. The van der Waals surface area contributed by atoms with Crippen molar-refractivity contribution in [3.05, 3.63) is 23.8 Å². The average molecular weight is 251 g/mol. The molecule has 100 valence electrons. The molecular formula is C14H21NO3. The fraction of sp³-hybridized carbons (Fsp3) is 0.500. The summed E-state index contributed by atoms with van der Waals surface area (Å²) in [5.41, 5.74) is 0.527. The number of amides is 1. The molecule has 0 fully saturated rings. The molecule has 0 bridgehead atoms. The Labute approximate surface area is 108 Å². The fourth-order valence-corrected chi connectivity index (χ4v) is 1.65. The van der Waals surface area contributed by atoms with Gasteiger partial charge in [0.25, 0.3) is 5.91 Å². The molecule has 4 nitrogen and oxygen atoms in total. The Kier molecular flexibility index (Phi) is 5.01. The smallest absolute Gasteiger partial charge is 0.257 e. The standard InChI is InChI=1S/C14H21NO3/c1-6-10(2)15(3)14(16)12-9-11(17-4)7-8-13(12)18-5/h7-10H,6H2,1-5H3. The zero-order valence-corrected chi connectivity index (χ0v) is 11.7. The van der Waals surface area contributed by atoms with E-state index in [4.69, 9.17) is 9.47 Å². The average Bonchev–Trinajstić information content (AvgIpc) is 2.43. The molecule has 1 amide bonds. The maximum absolute atomic E-state index is 12.4. The highest BCUT2D eigenvalue weighted by Crippen LogP contribution is 2.25. The van der Waals surface area contributed by atoms with Gasteiger partial charge in [-0.1, -0.05) is 6.92 Å². The number of benzene rings is 1. The summed E-state index contributed by atoms with van der Waals surface area (Å²) in [6.45, 7) is 4.07. The molecule has 0 aliphatic heterocycles. The lowest BCUT2D eigenvalue weighted by atomic mass is 10.1. The van der Waals surface area contributed by atoms with E-state index in [1.165, 1.54) is 0 Å². The Bertz CT molecular complexity index is 418. The highest BCUT2D eigenvalue weighted by Gasteiger charge is 2.20. The molecule has 0 heterocycles. The van der Waals surface area contributed by atoms with E-state index in [-0.39, 0.29) is 11.9 Å². The van der Waals surface area contributed by atoms with Crippen LogP contribution in [0.5, 0.6) is 11.5 Å². The van der Waals surface area contributed by atoms with Crippen molar-refractivity contribution in [2.75, 3.05) is 21.3 Å². The van der Waals surface area contributed by atoms with E-state index in [0.717, 1.165) is 6.42 Å². The lowest BCUT2D eigenvalue weighted by Crippen LogP contribution is -2.34. The normalized spacial score (nSPS) is 11.8. The van der Waals surface area contributed by atoms with Gasteiger partial charge in [0.1, 0.15) is 11.5 Å². The zero-order valence-electron chi connectivity index (χ0n) is 11.7. The highest BCUT2D eigenvalue weighted by molar-refractivity contribution is 5.97. The molecule has 0 saturated heterocycles. The van der Waals surface area contributed by atoms with Crippen LogP contribution in [0, 0.1) is 0 Å². The molecule has 0 saturated carbocycles. The van der Waals surface area contributed by atoms with Gasteiger partial charge in [-0.3, -0.25) is 4.79 Å². The predicted octanol–water partition coefficient (Wildman–Crippen LogP) is 2.57. The summed E-state index contributed by atoms with van der Waals surface area (Å²) < 4.78 is 10.4. The summed E-state index contributed by atoms with van der Waals surface area (Å²) in [6.07, 6.45) is 0.911. The molecular weight excluding hydrogens is 230 g/mol. The molecule has 0 aliphatic rings. The van der Waals surface area contributed by atoms with Gasteiger partial charge in [-0.05, 0) is 31.5 Å². The van der Waals surface area contributed by atoms with E-state index < -0.39 is 0 Å². The molecule has 1 rings (SSSR count). The van der Waals surface area contributed by atoms with Crippen LogP contribution in [0.2, 0.25) is 0 Å². The first-order chi connectivity index (χ1) is 8.54. The second-order valence-electron chi connectivity index (χ2n) is 4.24. The van der Waals surface area contributed by atoms with Crippen molar-refractivity contribution in [3.63, 3.8) is 0 Å². The third-order valence-electron chi connectivity index (χ3n) is 3.21. The number of hydrogen-bond donors (Lipinski definition) is 0. The quantitative estimate of drug-likeness (QED) is 0.807. The lowest BCUT2D eigenvalue weighted by molar-refractivity contribution is 0.0737. The summed E-state index contributed by atoms with van der Waals surface area (Å²) in [7, 11) is 4.94. The van der Waals surface area contributed by atoms with Crippen molar-refractivity contribution in [2.24, 2.45) is 0 Å². The van der Waals surface area contributed by atoms with Gasteiger partial charge >= 0.3 is 0 Å². The van der Waals surface area contributed by atoms with Crippen LogP contribution in [0.3, 0.4) is 0 Å². The summed E-state index contributed by atoms with van der Waals surface area (Å²) in [6, 6.07) is 5.42. The summed E-state index contributed by atoms with van der Waals surface area (Å²) in [4.78, 5) is 14.1. The summed E-state index contributed by atoms with van der Waals surface area (Å²) in [5.74, 6) is 1.16. The van der Waals surface area contributed by atoms with E-state index in [0.29, 0.717) is 17.1 Å². The van der Waals surface area contributed by atoms with Gasteiger partial charge in [-0.15, -0.1) is 0 Å². The molecule has 1 aromatic carbocycles. The molecule has 4 heteroatoms. The molecule has 0 aliphatic carbocycles. The van der Waals surface area contributed by atoms with Crippen molar-refractivity contribution in [1.29, 1.82) is 0 Å². The molecule has 1 aromatic rings. The Hall–Kier alpha value is -1.71.